The standard InChI is InChI=1S/C16H15N3O4S2/c1-10-4-5-14(8-15(10)19(20)21)25(22,23)18-16-11(2)6-13(24-9-17)7-12(16)3/h4-8,18H,1-3H3. The summed E-state index contributed by atoms with van der Waals surface area (Å²) in [6.45, 7) is 5.00. The lowest BCUT2D eigenvalue weighted by molar-refractivity contribution is -0.385. The molecule has 0 fully saturated rings. The number of sulfonamides is 1. The molecule has 0 aliphatic carbocycles. The fourth-order valence-corrected chi connectivity index (χ4v) is 4.14. The van der Waals surface area contributed by atoms with Gasteiger partial charge in [0.2, 0.25) is 0 Å². The summed E-state index contributed by atoms with van der Waals surface area (Å²) in [5.41, 5.74) is 1.84. The summed E-state index contributed by atoms with van der Waals surface area (Å²) < 4.78 is 27.7. The molecule has 0 unspecified atom stereocenters. The topological polar surface area (TPSA) is 113 Å². The average molecular weight is 377 g/mol. The summed E-state index contributed by atoms with van der Waals surface area (Å²) in [5, 5.41) is 21.7. The minimum absolute atomic E-state index is 0.181. The predicted octanol–water partition coefficient (Wildman–Crippen LogP) is 3.89. The monoisotopic (exact) mass is 377 g/mol. The van der Waals surface area contributed by atoms with E-state index in [0.29, 0.717) is 27.3 Å². The highest BCUT2D eigenvalue weighted by molar-refractivity contribution is 8.03. The van der Waals surface area contributed by atoms with Crippen molar-refractivity contribution < 1.29 is 13.3 Å². The highest BCUT2D eigenvalue weighted by atomic mass is 32.2. The maximum absolute atomic E-state index is 12.6. The second-order valence-electron chi connectivity index (χ2n) is 5.44. The number of nitriles is 1. The second-order valence-corrected chi connectivity index (χ2v) is 7.98. The number of hydrogen-bond acceptors (Lipinski definition) is 6. The van der Waals surface area contributed by atoms with Crippen molar-refractivity contribution in [3.63, 3.8) is 0 Å². The highest BCUT2D eigenvalue weighted by Crippen LogP contribution is 2.30. The van der Waals surface area contributed by atoms with Crippen molar-refractivity contribution in [3.8, 4) is 5.40 Å². The molecule has 0 spiro atoms. The molecule has 0 heterocycles. The first-order chi connectivity index (χ1) is 11.7. The summed E-state index contributed by atoms with van der Waals surface area (Å²) in [5.74, 6) is 0. The Morgan fingerprint density at radius 2 is 1.72 bits per heavy atom. The second kappa shape index (κ2) is 7.13. The van der Waals surface area contributed by atoms with E-state index in [1.807, 2.05) is 5.40 Å². The van der Waals surface area contributed by atoms with Crippen LogP contribution in [0.3, 0.4) is 0 Å². The maximum atomic E-state index is 12.6. The van der Waals surface area contributed by atoms with Gasteiger partial charge in [-0.15, -0.1) is 0 Å². The zero-order chi connectivity index (χ0) is 18.8. The van der Waals surface area contributed by atoms with E-state index in [2.05, 4.69) is 4.72 Å². The van der Waals surface area contributed by atoms with Gasteiger partial charge in [0.1, 0.15) is 5.40 Å². The summed E-state index contributed by atoms with van der Waals surface area (Å²) in [4.78, 5) is 10.9. The van der Waals surface area contributed by atoms with Crippen molar-refractivity contribution in [3.05, 3.63) is 57.1 Å². The Bertz CT molecular complexity index is 972. The molecule has 25 heavy (non-hydrogen) atoms. The number of anilines is 1. The zero-order valence-electron chi connectivity index (χ0n) is 13.7. The van der Waals surface area contributed by atoms with E-state index in [0.717, 1.165) is 17.8 Å². The third-order valence-corrected chi connectivity index (χ3v) is 5.50. The lowest BCUT2D eigenvalue weighted by atomic mass is 10.1. The van der Waals surface area contributed by atoms with Gasteiger partial charge in [-0.3, -0.25) is 14.8 Å². The summed E-state index contributed by atoms with van der Waals surface area (Å²) in [6.07, 6.45) is 0. The fourth-order valence-electron chi connectivity index (χ4n) is 2.34. The minimum atomic E-state index is -3.98. The molecule has 1 N–H and O–H groups in total. The number of rotatable bonds is 5. The van der Waals surface area contributed by atoms with E-state index in [-0.39, 0.29) is 10.6 Å². The Morgan fingerprint density at radius 1 is 1.12 bits per heavy atom. The zero-order valence-corrected chi connectivity index (χ0v) is 15.4. The van der Waals surface area contributed by atoms with Crippen LogP contribution < -0.4 is 4.72 Å². The van der Waals surface area contributed by atoms with Crippen LogP contribution in [0.15, 0.2) is 40.1 Å². The molecule has 2 rings (SSSR count). The molecular formula is C16H15N3O4S2. The number of nitrogens with one attached hydrogen (secondary N) is 1. The quantitative estimate of drug-likeness (QED) is 0.366. The lowest BCUT2D eigenvalue weighted by Crippen LogP contribution is -2.15. The Kier molecular flexibility index (Phi) is 5.35. The predicted molar refractivity (Wildman–Crippen MR) is 96.0 cm³/mol. The van der Waals surface area contributed by atoms with Crippen molar-refractivity contribution in [1.29, 1.82) is 5.26 Å². The molecule has 130 valence electrons. The lowest BCUT2D eigenvalue weighted by Gasteiger charge is -2.14. The maximum Gasteiger partial charge on any atom is 0.273 e. The Hall–Kier alpha value is -2.57. The number of thiocyanates is 1. The van der Waals surface area contributed by atoms with Crippen LogP contribution in [-0.2, 0) is 10.0 Å². The molecule has 0 saturated carbocycles. The molecule has 0 saturated heterocycles. The third-order valence-electron chi connectivity index (χ3n) is 3.59. The van der Waals surface area contributed by atoms with E-state index >= 15 is 0 Å². The molecule has 0 atom stereocenters. The van der Waals surface area contributed by atoms with Crippen LogP contribution in [0.1, 0.15) is 16.7 Å². The first-order valence-corrected chi connectivity index (χ1v) is 9.40. The van der Waals surface area contributed by atoms with Gasteiger partial charge in [-0.25, -0.2) is 8.42 Å². The SMILES string of the molecule is Cc1ccc(S(=O)(=O)Nc2c(C)cc(SC#N)cc2C)cc1[N+](=O)[O-]. The van der Waals surface area contributed by atoms with Gasteiger partial charge in [0.25, 0.3) is 15.7 Å². The van der Waals surface area contributed by atoms with E-state index in [1.165, 1.54) is 12.1 Å². The van der Waals surface area contributed by atoms with Crippen molar-refractivity contribution in [1.82, 2.24) is 0 Å². The van der Waals surface area contributed by atoms with Gasteiger partial charge >= 0.3 is 0 Å². The van der Waals surface area contributed by atoms with Crippen LogP contribution >= 0.6 is 11.8 Å². The molecule has 0 aliphatic heterocycles. The Labute approximate surface area is 149 Å². The Balaban J connectivity index is 2.45. The van der Waals surface area contributed by atoms with Crippen LogP contribution in [0.4, 0.5) is 11.4 Å². The molecule has 0 aromatic heterocycles. The number of aryl methyl sites for hydroxylation is 3. The first-order valence-electron chi connectivity index (χ1n) is 7.10. The molecule has 0 bridgehead atoms. The first kappa shape index (κ1) is 18.8. The molecular weight excluding hydrogens is 362 g/mol. The van der Waals surface area contributed by atoms with E-state index in [1.54, 1.807) is 32.9 Å². The highest BCUT2D eigenvalue weighted by Gasteiger charge is 2.21. The van der Waals surface area contributed by atoms with Gasteiger partial charge in [0.05, 0.1) is 15.5 Å². The van der Waals surface area contributed by atoms with Crippen LogP contribution in [0, 0.1) is 41.5 Å². The summed E-state index contributed by atoms with van der Waals surface area (Å²) in [6, 6.07) is 7.18. The van der Waals surface area contributed by atoms with Crippen LogP contribution in [0.2, 0.25) is 0 Å². The fraction of sp³-hybridized carbons (Fsp3) is 0.188. The number of benzene rings is 2. The van der Waals surface area contributed by atoms with Gasteiger partial charge in [0.15, 0.2) is 0 Å². The summed E-state index contributed by atoms with van der Waals surface area (Å²) >= 11 is 0.987. The van der Waals surface area contributed by atoms with Crippen LogP contribution in [0.25, 0.3) is 0 Å². The number of nitro groups is 1. The van der Waals surface area contributed by atoms with Gasteiger partial charge in [-0.2, -0.15) is 5.26 Å². The van der Waals surface area contributed by atoms with Crippen molar-refractivity contribution in [2.75, 3.05) is 4.72 Å². The molecule has 9 heteroatoms. The molecule has 0 radical (unpaired) electrons. The van der Waals surface area contributed by atoms with E-state index in [4.69, 9.17) is 5.26 Å². The molecule has 7 nitrogen and oxygen atoms in total. The summed E-state index contributed by atoms with van der Waals surface area (Å²) in [7, 11) is -3.98. The largest absolute Gasteiger partial charge is 0.279 e. The van der Waals surface area contributed by atoms with Gasteiger partial charge in [0, 0.05) is 16.5 Å². The van der Waals surface area contributed by atoms with Crippen molar-refractivity contribution >= 4 is 33.2 Å². The van der Waals surface area contributed by atoms with Gasteiger partial charge < -0.3 is 0 Å². The average Bonchev–Trinajstić information content (AvgIpc) is 2.51. The van der Waals surface area contributed by atoms with Crippen LogP contribution in [0.5, 0.6) is 0 Å². The molecule has 2 aromatic carbocycles. The van der Waals surface area contributed by atoms with E-state index in [9.17, 15) is 18.5 Å². The number of nitro benzene ring substituents is 1. The minimum Gasteiger partial charge on any atom is -0.279 e. The third kappa shape index (κ3) is 4.10. The van der Waals surface area contributed by atoms with Crippen molar-refractivity contribution in [2.24, 2.45) is 0 Å². The van der Waals surface area contributed by atoms with Crippen molar-refractivity contribution in [2.45, 2.75) is 30.6 Å². The molecule has 0 amide bonds. The Morgan fingerprint density at radius 3 is 2.24 bits per heavy atom. The normalized spacial score (nSPS) is 11.0. The smallest absolute Gasteiger partial charge is 0.273 e. The van der Waals surface area contributed by atoms with Crippen LogP contribution in [-0.4, -0.2) is 13.3 Å². The van der Waals surface area contributed by atoms with E-state index < -0.39 is 14.9 Å². The number of nitrogens with zero attached hydrogens (tertiary/aromatic N) is 2. The molecule has 2 aromatic rings. The van der Waals surface area contributed by atoms with Gasteiger partial charge in [-0.1, -0.05) is 6.07 Å². The van der Waals surface area contributed by atoms with Gasteiger partial charge in [-0.05, 0) is 61.9 Å². The number of thioether (sulfide) groups is 1. The molecule has 0 aliphatic rings. The number of hydrogen-bond donors (Lipinski definition) is 1.